The van der Waals surface area contributed by atoms with Gasteiger partial charge in [-0.05, 0) is 25.0 Å². The largest absolute Gasteiger partial charge is 0.314 e. The number of aryl methyl sites for hydroxylation is 1. The molecule has 0 spiro atoms. The van der Waals surface area contributed by atoms with E-state index >= 15 is 0 Å². The van der Waals surface area contributed by atoms with E-state index in [1.807, 2.05) is 24.3 Å². The minimum absolute atomic E-state index is 0.627. The van der Waals surface area contributed by atoms with Crippen molar-refractivity contribution in [1.82, 2.24) is 9.55 Å². The molecule has 1 N–H and O–H groups in total. The third-order valence-electron chi connectivity index (χ3n) is 3.27. The summed E-state index contributed by atoms with van der Waals surface area (Å²) in [6.45, 7) is 0.950. The first-order valence-electron chi connectivity index (χ1n) is 5.89. The quantitative estimate of drug-likeness (QED) is 0.716. The summed E-state index contributed by atoms with van der Waals surface area (Å²) < 4.78 is 2.08. The number of nitrogens with one attached hydrogen (secondary N) is 1. The highest BCUT2D eigenvalue weighted by molar-refractivity contribution is 5.76. The van der Waals surface area contributed by atoms with E-state index in [4.69, 9.17) is 5.41 Å². The topological polar surface area (TPSA) is 41.7 Å². The van der Waals surface area contributed by atoms with Gasteiger partial charge < -0.3 is 4.57 Å². The monoisotopic (exact) mass is 213 g/mol. The van der Waals surface area contributed by atoms with Gasteiger partial charge in [-0.15, -0.1) is 0 Å². The van der Waals surface area contributed by atoms with E-state index in [2.05, 4.69) is 9.55 Å². The molecule has 0 amide bonds. The number of benzene rings is 1. The molecule has 1 aromatic heterocycles. The van der Waals surface area contributed by atoms with Crippen LogP contribution in [-0.2, 0) is 13.0 Å². The average Bonchev–Trinajstić information content (AvgIpc) is 2.55. The van der Waals surface area contributed by atoms with E-state index in [9.17, 15) is 0 Å². The second kappa shape index (κ2) is 3.74. The van der Waals surface area contributed by atoms with Crippen LogP contribution in [0.25, 0.3) is 10.9 Å². The highest BCUT2D eigenvalue weighted by atomic mass is 15.1. The van der Waals surface area contributed by atoms with Crippen molar-refractivity contribution in [2.75, 3.05) is 0 Å². The Morgan fingerprint density at radius 3 is 2.94 bits per heavy atom. The van der Waals surface area contributed by atoms with Crippen molar-refractivity contribution >= 4 is 10.9 Å². The predicted octanol–water partition coefficient (Wildman–Crippen LogP) is 2.24. The molecule has 2 aromatic rings. The molecule has 0 radical (unpaired) electrons. The van der Waals surface area contributed by atoms with Gasteiger partial charge in [0.1, 0.15) is 11.3 Å². The van der Waals surface area contributed by atoms with Crippen LogP contribution < -0.4 is 5.49 Å². The third-order valence-corrected chi connectivity index (χ3v) is 3.27. The Morgan fingerprint density at radius 1 is 1.12 bits per heavy atom. The fourth-order valence-electron chi connectivity index (χ4n) is 2.41. The standard InChI is InChI=1S/C13H15N3/c14-13-10-6-3-4-7-11(10)15-12-8-2-1-5-9-16(12)13/h3-4,6-7,14H,1-2,5,8-9H2. The molecule has 16 heavy (non-hydrogen) atoms. The van der Waals surface area contributed by atoms with E-state index in [-0.39, 0.29) is 0 Å². The van der Waals surface area contributed by atoms with Gasteiger partial charge in [-0.25, -0.2) is 4.98 Å². The molecule has 0 atom stereocenters. The molecule has 3 rings (SSSR count). The molecule has 2 heterocycles. The molecule has 1 aromatic carbocycles. The summed E-state index contributed by atoms with van der Waals surface area (Å²) in [7, 11) is 0. The molecule has 0 aliphatic carbocycles. The maximum Gasteiger partial charge on any atom is 0.135 e. The second-order valence-electron chi connectivity index (χ2n) is 4.36. The van der Waals surface area contributed by atoms with Gasteiger partial charge in [-0.1, -0.05) is 18.6 Å². The van der Waals surface area contributed by atoms with Gasteiger partial charge in [0.25, 0.3) is 0 Å². The van der Waals surface area contributed by atoms with Crippen LogP contribution in [0.1, 0.15) is 25.1 Å². The van der Waals surface area contributed by atoms with Gasteiger partial charge in [0.05, 0.1) is 5.52 Å². The zero-order valence-corrected chi connectivity index (χ0v) is 9.24. The summed E-state index contributed by atoms with van der Waals surface area (Å²) >= 11 is 0. The lowest BCUT2D eigenvalue weighted by Crippen LogP contribution is -2.24. The van der Waals surface area contributed by atoms with Crippen LogP contribution in [0.4, 0.5) is 0 Å². The van der Waals surface area contributed by atoms with Crippen molar-refractivity contribution in [3.63, 3.8) is 0 Å². The number of hydrogen-bond acceptors (Lipinski definition) is 2. The second-order valence-corrected chi connectivity index (χ2v) is 4.36. The number of hydrogen-bond donors (Lipinski definition) is 1. The Kier molecular flexibility index (Phi) is 2.24. The lowest BCUT2D eigenvalue weighted by atomic mass is 10.2. The van der Waals surface area contributed by atoms with Crippen molar-refractivity contribution in [1.29, 1.82) is 5.41 Å². The highest BCUT2D eigenvalue weighted by Crippen LogP contribution is 2.14. The first kappa shape index (κ1) is 9.58. The van der Waals surface area contributed by atoms with Crippen molar-refractivity contribution in [3.8, 4) is 0 Å². The molecular formula is C13H15N3. The lowest BCUT2D eigenvalue weighted by Gasteiger charge is -2.11. The number of para-hydroxylation sites is 1. The number of fused-ring (bicyclic) bond motifs is 2. The maximum absolute atomic E-state index is 8.24. The minimum atomic E-state index is 0.627. The smallest absolute Gasteiger partial charge is 0.135 e. The summed E-state index contributed by atoms with van der Waals surface area (Å²) in [6.07, 6.45) is 4.63. The number of nitrogens with zero attached hydrogens (tertiary/aromatic N) is 2. The van der Waals surface area contributed by atoms with E-state index in [0.29, 0.717) is 5.49 Å². The first-order valence-corrected chi connectivity index (χ1v) is 5.89. The first-order chi connectivity index (χ1) is 7.86. The average molecular weight is 213 g/mol. The van der Waals surface area contributed by atoms with E-state index in [0.717, 1.165) is 29.7 Å². The van der Waals surface area contributed by atoms with Crippen LogP contribution in [-0.4, -0.2) is 9.55 Å². The molecule has 0 saturated carbocycles. The zero-order chi connectivity index (χ0) is 11.0. The zero-order valence-electron chi connectivity index (χ0n) is 9.24. The number of aromatic nitrogens is 2. The van der Waals surface area contributed by atoms with Gasteiger partial charge in [-0.2, -0.15) is 0 Å². The van der Waals surface area contributed by atoms with E-state index in [1.54, 1.807) is 0 Å². The maximum atomic E-state index is 8.24. The Balaban J connectivity index is 2.34. The predicted molar refractivity (Wildman–Crippen MR) is 63.1 cm³/mol. The van der Waals surface area contributed by atoms with Gasteiger partial charge in [-0.3, -0.25) is 5.41 Å². The van der Waals surface area contributed by atoms with Crippen molar-refractivity contribution in [2.24, 2.45) is 0 Å². The summed E-state index contributed by atoms with van der Waals surface area (Å²) in [5.74, 6) is 1.08. The molecule has 3 nitrogen and oxygen atoms in total. The van der Waals surface area contributed by atoms with Crippen LogP contribution >= 0.6 is 0 Å². The van der Waals surface area contributed by atoms with Gasteiger partial charge in [0.15, 0.2) is 0 Å². The molecule has 0 saturated heterocycles. The van der Waals surface area contributed by atoms with Crippen molar-refractivity contribution in [2.45, 2.75) is 32.2 Å². The van der Waals surface area contributed by atoms with Crippen LogP contribution in [0, 0.1) is 5.41 Å². The Labute approximate surface area is 94.3 Å². The molecule has 0 unspecified atom stereocenters. The van der Waals surface area contributed by atoms with Gasteiger partial charge in [0, 0.05) is 18.4 Å². The molecular weight excluding hydrogens is 198 g/mol. The summed E-state index contributed by atoms with van der Waals surface area (Å²) in [6, 6.07) is 7.95. The van der Waals surface area contributed by atoms with Crippen LogP contribution in [0.15, 0.2) is 24.3 Å². The Hall–Kier alpha value is -1.64. The van der Waals surface area contributed by atoms with Gasteiger partial charge >= 0.3 is 0 Å². The van der Waals surface area contributed by atoms with E-state index < -0.39 is 0 Å². The van der Waals surface area contributed by atoms with Crippen LogP contribution in [0.5, 0.6) is 0 Å². The summed E-state index contributed by atoms with van der Waals surface area (Å²) in [4.78, 5) is 4.68. The minimum Gasteiger partial charge on any atom is -0.314 e. The van der Waals surface area contributed by atoms with Crippen LogP contribution in [0.2, 0.25) is 0 Å². The molecule has 0 fully saturated rings. The Morgan fingerprint density at radius 2 is 2.00 bits per heavy atom. The molecule has 82 valence electrons. The summed E-state index contributed by atoms with van der Waals surface area (Å²) in [5, 5.41) is 9.20. The fraction of sp³-hybridized carbons (Fsp3) is 0.385. The SMILES string of the molecule is N=c1c2ccccc2nc2n1CCCCC2. The van der Waals surface area contributed by atoms with Crippen molar-refractivity contribution in [3.05, 3.63) is 35.6 Å². The van der Waals surface area contributed by atoms with Gasteiger partial charge in [0.2, 0.25) is 0 Å². The third kappa shape index (κ3) is 1.43. The highest BCUT2D eigenvalue weighted by Gasteiger charge is 2.10. The molecule has 3 heteroatoms. The molecule has 1 aliphatic heterocycles. The van der Waals surface area contributed by atoms with E-state index in [1.165, 1.54) is 19.3 Å². The normalized spacial score (nSPS) is 15.8. The summed E-state index contributed by atoms with van der Waals surface area (Å²) in [5.41, 5.74) is 1.59. The lowest BCUT2D eigenvalue weighted by molar-refractivity contribution is 0.602. The Bertz CT molecular complexity index is 583. The van der Waals surface area contributed by atoms with Crippen LogP contribution in [0.3, 0.4) is 0 Å². The fourth-order valence-corrected chi connectivity index (χ4v) is 2.41. The molecule has 1 aliphatic rings. The number of rotatable bonds is 0. The van der Waals surface area contributed by atoms with Crippen molar-refractivity contribution < 1.29 is 0 Å². The molecule has 0 bridgehead atoms.